The Kier molecular flexibility index (Phi) is 6.92. The van der Waals surface area contributed by atoms with Crippen molar-refractivity contribution in [1.82, 2.24) is 4.90 Å². The van der Waals surface area contributed by atoms with Gasteiger partial charge in [-0.2, -0.15) is 0 Å². The van der Waals surface area contributed by atoms with Gasteiger partial charge in [-0.05, 0) is 50.6 Å². The summed E-state index contributed by atoms with van der Waals surface area (Å²) in [5.74, 6) is -3.16. The normalized spacial score (nSPS) is 12.2. The Morgan fingerprint density at radius 2 is 1.62 bits per heavy atom. The van der Waals surface area contributed by atoms with Crippen LogP contribution in [0.4, 0.5) is 13.6 Å². The maximum atomic E-state index is 13.6. The van der Waals surface area contributed by atoms with Crippen molar-refractivity contribution in [2.75, 3.05) is 13.6 Å². The number of ether oxygens (including phenoxy) is 2. The number of rotatable bonds is 5. The molecule has 0 saturated carbocycles. The molecular weight excluding hydrogens is 384 g/mol. The fourth-order valence-electron chi connectivity index (χ4n) is 2.39. The van der Waals surface area contributed by atoms with E-state index < -0.39 is 41.0 Å². The number of nitrogens with zero attached hydrogens (tertiary/aromatic N) is 1. The Bertz CT molecular complexity index is 857. The van der Waals surface area contributed by atoms with Crippen molar-refractivity contribution in [1.29, 1.82) is 0 Å². The van der Waals surface area contributed by atoms with E-state index in [4.69, 9.17) is 9.47 Å². The average molecular weight is 407 g/mol. The smallest absolute Gasteiger partial charge is 0.410 e. The van der Waals surface area contributed by atoms with Crippen LogP contribution in [0.1, 0.15) is 42.8 Å². The molecule has 0 radical (unpaired) electrons. The van der Waals surface area contributed by atoms with E-state index in [0.717, 1.165) is 18.2 Å². The molecule has 2 aromatic carbocycles. The molecule has 0 aromatic heterocycles. The third-order valence-corrected chi connectivity index (χ3v) is 3.79. The van der Waals surface area contributed by atoms with Crippen LogP contribution in [0, 0.1) is 11.6 Å². The first-order valence-corrected chi connectivity index (χ1v) is 8.86. The zero-order valence-electron chi connectivity index (χ0n) is 16.6. The largest absolute Gasteiger partial charge is 0.444 e. The van der Waals surface area contributed by atoms with Gasteiger partial charge in [0.05, 0.1) is 12.6 Å². The first kappa shape index (κ1) is 22.3. The van der Waals surface area contributed by atoms with Crippen LogP contribution in [-0.4, -0.2) is 41.3 Å². The zero-order valence-corrected chi connectivity index (χ0v) is 16.6. The van der Waals surface area contributed by atoms with Crippen LogP contribution in [0.5, 0.6) is 5.75 Å². The van der Waals surface area contributed by atoms with Crippen molar-refractivity contribution >= 4 is 12.1 Å². The van der Waals surface area contributed by atoms with Crippen molar-refractivity contribution in [2.45, 2.75) is 32.5 Å². The van der Waals surface area contributed by atoms with E-state index in [1.165, 1.54) is 36.2 Å². The number of benzene rings is 2. The Morgan fingerprint density at radius 1 is 1.07 bits per heavy atom. The van der Waals surface area contributed by atoms with E-state index in [-0.39, 0.29) is 12.3 Å². The van der Waals surface area contributed by atoms with Crippen LogP contribution in [0.2, 0.25) is 0 Å². The van der Waals surface area contributed by atoms with E-state index in [1.807, 2.05) is 0 Å². The highest BCUT2D eigenvalue weighted by atomic mass is 19.1. The molecule has 1 unspecified atom stereocenters. The number of aliphatic hydroxyl groups excluding tert-OH is 1. The number of aliphatic hydroxyl groups is 1. The van der Waals surface area contributed by atoms with Gasteiger partial charge >= 0.3 is 12.1 Å². The summed E-state index contributed by atoms with van der Waals surface area (Å²) in [4.78, 5) is 25.2. The van der Waals surface area contributed by atoms with Crippen LogP contribution in [0.15, 0.2) is 42.5 Å². The minimum Gasteiger partial charge on any atom is -0.444 e. The fraction of sp³-hybridized carbons (Fsp3) is 0.333. The Hall–Kier alpha value is -3.00. The van der Waals surface area contributed by atoms with Crippen LogP contribution in [-0.2, 0) is 4.74 Å². The van der Waals surface area contributed by atoms with Crippen LogP contribution >= 0.6 is 0 Å². The highest BCUT2D eigenvalue weighted by molar-refractivity contribution is 5.91. The zero-order chi connectivity index (χ0) is 21.8. The summed E-state index contributed by atoms with van der Waals surface area (Å²) < 4.78 is 37.5. The van der Waals surface area contributed by atoms with Crippen molar-refractivity contribution in [3.63, 3.8) is 0 Å². The fourth-order valence-corrected chi connectivity index (χ4v) is 2.39. The second kappa shape index (κ2) is 9.00. The lowest BCUT2D eigenvalue weighted by Gasteiger charge is -2.26. The Balaban J connectivity index is 2.00. The Morgan fingerprint density at radius 3 is 2.14 bits per heavy atom. The third kappa shape index (κ3) is 6.25. The van der Waals surface area contributed by atoms with Gasteiger partial charge in [-0.3, -0.25) is 0 Å². The maximum absolute atomic E-state index is 13.6. The van der Waals surface area contributed by atoms with Gasteiger partial charge in [0.1, 0.15) is 28.5 Å². The molecule has 156 valence electrons. The van der Waals surface area contributed by atoms with Crippen LogP contribution in [0.3, 0.4) is 0 Å². The average Bonchev–Trinajstić information content (AvgIpc) is 2.60. The van der Waals surface area contributed by atoms with Gasteiger partial charge in [-0.15, -0.1) is 0 Å². The molecule has 1 amide bonds. The molecule has 1 atom stereocenters. The van der Waals surface area contributed by atoms with Gasteiger partial charge < -0.3 is 19.5 Å². The number of carbonyl (C=O) groups is 2. The van der Waals surface area contributed by atoms with Crippen molar-refractivity contribution in [3.8, 4) is 5.75 Å². The topological polar surface area (TPSA) is 76.1 Å². The molecule has 0 aliphatic rings. The second-order valence-corrected chi connectivity index (χ2v) is 7.43. The number of carbonyl (C=O) groups excluding carboxylic acids is 2. The molecule has 2 aromatic rings. The maximum Gasteiger partial charge on any atom is 0.410 e. The molecule has 0 heterocycles. The van der Waals surface area contributed by atoms with E-state index in [1.54, 1.807) is 20.8 Å². The predicted molar refractivity (Wildman–Crippen MR) is 102 cm³/mol. The molecule has 2 rings (SSSR count). The highest BCUT2D eigenvalue weighted by Gasteiger charge is 2.22. The quantitative estimate of drug-likeness (QED) is 0.597. The molecule has 0 fully saturated rings. The lowest BCUT2D eigenvalue weighted by Crippen LogP contribution is -2.36. The number of likely N-dealkylation sites (N-methyl/N-ethyl adjacent to an activating group) is 1. The number of halogens is 2. The third-order valence-electron chi connectivity index (χ3n) is 3.79. The summed E-state index contributed by atoms with van der Waals surface area (Å²) >= 11 is 0. The summed E-state index contributed by atoms with van der Waals surface area (Å²) in [6, 6.07) is 8.78. The second-order valence-electron chi connectivity index (χ2n) is 7.43. The molecule has 1 N–H and O–H groups in total. The van der Waals surface area contributed by atoms with Crippen molar-refractivity contribution in [2.24, 2.45) is 0 Å². The summed E-state index contributed by atoms with van der Waals surface area (Å²) in [5, 5.41) is 10.3. The number of esters is 1. The molecule has 0 spiro atoms. The number of hydrogen-bond acceptors (Lipinski definition) is 5. The number of hydrogen-bond donors (Lipinski definition) is 1. The summed E-state index contributed by atoms with van der Waals surface area (Å²) in [6.45, 7) is 5.20. The van der Waals surface area contributed by atoms with Gasteiger partial charge in [0, 0.05) is 7.05 Å². The summed E-state index contributed by atoms with van der Waals surface area (Å²) in [7, 11) is 1.50. The standard InChI is InChI=1S/C21H23F2NO5/c1-21(2,3)29-20(27)24(4)12-17(25)13-8-10-14(11-9-13)28-19(26)18-15(22)6-5-7-16(18)23/h5-11,17,25H,12H2,1-4H3. The molecule has 0 bridgehead atoms. The minimum atomic E-state index is -1.17. The summed E-state index contributed by atoms with van der Waals surface area (Å²) in [6.07, 6.45) is -1.59. The molecule has 8 heteroatoms. The monoisotopic (exact) mass is 407 g/mol. The van der Waals surface area contributed by atoms with Crippen molar-refractivity contribution < 1.29 is 33.0 Å². The van der Waals surface area contributed by atoms with Gasteiger partial charge in [0.15, 0.2) is 0 Å². The minimum absolute atomic E-state index is 0.0194. The lowest BCUT2D eigenvalue weighted by molar-refractivity contribution is 0.0205. The van der Waals surface area contributed by atoms with Gasteiger partial charge in [0.2, 0.25) is 0 Å². The molecule has 6 nitrogen and oxygen atoms in total. The highest BCUT2D eigenvalue weighted by Crippen LogP contribution is 2.21. The Labute approximate surface area is 167 Å². The van der Waals surface area contributed by atoms with Gasteiger partial charge in [0.25, 0.3) is 0 Å². The first-order chi connectivity index (χ1) is 13.5. The van der Waals surface area contributed by atoms with E-state index in [2.05, 4.69) is 0 Å². The predicted octanol–water partition coefficient (Wildman–Crippen LogP) is 4.08. The van der Waals surface area contributed by atoms with E-state index >= 15 is 0 Å². The lowest BCUT2D eigenvalue weighted by atomic mass is 10.1. The molecule has 0 saturated heterocycles. The van der Waals surface area contributed by atoms with E-state index in [9.17, 15) is 23.5 Å². The van der Waals surface area contributed by atoms with Crippen LogP contribution in [0.25, 0.3) is 0 Å². The SMILES string of the molecule is CN(CC(O)c1ccc(OC(=O)c2c(F)cccc2F)cc1)C(=O)OC(C)(C)C. The van der Waals surface area contributed by atoms with Crippen molar-refractivity contribution in [3.05, 3.63) is 65.2 Å². The first-order valence-electron chi connectivity index (χ1n) is 8.86. The van der Waals surface area contributed by atoms with Gasteiger partial charge in [-0.25, -0.2) is 18.4 Å². The molecule has 0 aliphatic heterocycles. The molecular formula is C21H23F2NO5. The van der Waals surface area contributed by atoms with Gasteiger partial charge in [-0.1, -0.05) is 18.2 Å². The molecule has 29 heavy (non-hydrogen) atoms. The van der Waals surface area contributed by atoms with E-state index in [0.29, 0.717) is 5.56 Å². The molecule has 0 aliphatic carbocycles. The summed E-state index contributed by atoms with van der Waals surface area (Å²) in [5.41, 5.74) is -0.979. The number of amides is 1. The van der Waals surface area contributed by atoms with Crippen LogP contribution < -0.4 is 4.74 Å².